The first kappa shape index (κ1) is 18.0. The summed E-state index contributed by atoms with van der Waals surface area (Å²) in [4.78, 5) is 24.9. The van der Waals surface area contributed by atoms with Gasteiger partial charge in [-0.2, -0.15) is 0 Å². The predicted octanol–water partition coefficient (Wildman–Crippen LogP) is 1.55. The van der Waals surface area contributed by atoms with Crippen molar-refractivity contribution < 1.29 is 14.7 Å². The van der Waals surface area contributed by atoms with E-state index in [1.54, 1.807) is 6.92 Å². The number of aliphatic hydroxyl groups is 1. The van der Waals surface area contributed by atoms with Crippen LogP contribution in [0.3, 0.4) is 0 Å². The molecule has 2 amide bonds. The summed E-state index contributed by atoms with van der Waals surface area (Å²) < 4.78 is 0. The first-order valence-corrected chi connectivity index (χ1v) is 8.10. The van der Waals surface area contributed by atoms with Crippen LogP contribution in [0.5, 0.6) is 0 Å². The standard InChI is InChI=1S/C16H30N2O3/c1-12(2)15(20)6-9-17-16(21)5-4-14-7-10-18(11-8-14)13(3)19/h12,14-15,20H,4-11H2,1-3H3,(H,17,21). The number of carbonyl (C=O) groups excluding carboxylic acids is 2. The third-order valence-electron chi connectivity index (χ3n) is 4.37. The molecule has 1 atom stereocenters. The minimum atomic E-state index is -0.346. The molecule has 0 aliphatic carbocycles. The van der Waals surface area contributed by atoms with Gasteiger partial charge < -0.3 is 15.3 Å². The van der Waals surface area contributed by atoms with Crippen molar-refractivity contribution in [2.24, 2.45) is 11.8 Å². The Morgan fingerprint density at radius 1 is 1.29 bits per heavy atom. The second kappa shape index (κ2) is 9.03. The number of hydrogen-bond acceptors (Lipinski definition) is 3. The maximum atomic E-state index is 11.8. The number of aliphatic hydroxyl groups excluding tert-OH is 1. The highest BCUT2D eigenvalue weighted by atomic mass is 16.3. The molecule has 122 valence electrons. The van der Waals surface area contributed by atoms with Gasteiger partial charge in [-0.15, -0.1) is 0 Å². The maximum absolute atomic E-state index is 11.8. The van der Waals surface area contributed by atoms with Gasteiger partial charge in [-0.05, 0) is 37.5 Å². The summed E-state index contributed by atoms with van der Waals surface area (Å²) in [5, 5.41) is 12.5. The first-order chi connectivity index (χ1) is 9.90. The molecular weight excluding hydrogens is 268 g/mol. The summed E-state index contributed by atoms with van der Waals surface area (Å²) in [5.41, 5.74) is 0. The number of nitrogens with one attached hydrogen (secondary N) is 1. The van der Waals surface area contributed by atoms with Gasteiger partial charge in [0.2, 0.25) is 11.8 Å². The highest BCUT2D eigenvalue weighted by Gasteiger charge is 2.21. The predicted molar refractivity (Wildman–Crippen MR) is 82.7 cm³/mol. The Labute approximate surface area is 128 Å². The molecule has 0 aromatic heterocycles. The Bertz CT molecular complexity index is 336. The van der Waals surface area contributed by atoms with Crippen molar-refractivity contribution >= 4 is 11.8 Å². The number of carbonyl (C=O) groups is 2. The van der Waals surface area contributed by atoms with Gasteiger partial charge in [0, 0.05) is 33.0 Å². The van der Waals surface area contributed by atoms with Gasteiger partial charge >= 0.3 is 0 Å². The Hall–Kier alpha value is -1.10. The van der Waals surface area contributed by atoms with Crippen LogP contribution in [0.4, 0.5) is 0 Å². The lowest BCUT2D eigenvalue weighted by atomic mass is 9.92. The number of hydrogen-bond donors (Lipinski definition) is 2. The van der Waals surface area contributed by atoms with Gasteiger partial charge in [-0.3, -0.25) is 9.59 Å². The lowest BCUT2D eigenvalue weighted by Crippen LogP contribution is -2.37. The van der Waals surface area contributed by atoms with Crippen molar-refractivity contribution in [2.45, 2.75) is 59.0 Å². The van der Waals surface area contributed by atoms with E-state index in [4.69, 9.17) is 0 Å². The molecule has 2 N–H and O–H groups in total. The minimum Gasteiger partial charge on any atom is -0.393 e. The normalized spacial score (nSPS) is 17.9. The van der Waals surface area contributed by atoms with Crippen LogP contribution in [-0.2, 0) is 9.59 Å². The molecule has 1 rings (SSSR count). The van der Waals surface area contributed by atoms with Crippen molar-refractivity contribution in [1.29, 1.82) is 0 Å². The van der Waals surface area contributed by atoms with Crippen LogP contribution in [0.2, 0.25) is 0 Å². The largest absolute Gasteiger partial charge is 0.393 e. The lowest BCUT2D eigenvalue weighted by Gasteiger charge is -2.31. The summed E-state index contributed by atoms with van der Waals surface area (Å²) in [6, 6.07) is 0. The molecule has 1 unspecified atom stereocenters. The zero-order valence-corrected chi connectivity index (χ0v) is 13.6. The van der Waals surface area contributed by atoms with Crippen molar-refractivity contribution in [2.75, 3.05) is 19.6 Å². The molecule has 1 aliphatic heterocycles. The Balaban J connectivity index is 2.10. The summed E-state index contributed by atoms with van der Waals surface area (Å²) >= 11 is 0. The molecule has 5 nitrogen and oxygen atoms in total. The van der Waals surface area contributed by atoms with E-state index in [0.717, 1.165) is 32.4 Å². The zero-order valence-electron chi connectivity index (χ0n) is 13.6. The first-order valence-electron chi connectivity index (χ1n) is 8.10. The van der Waals surface area contributed by atoms with Crippen LogP contribution >= 0.6 is 0 Å². The minimum absolute atomic E-state index is 0.0694. The van der Waals surface area contributed by atoms with Crippen LogP contribution in [-0.4, -0.2) is 47.6 Å². The molecule has 5 heteroatoms. The molecule has 1 heterocycles. The molecule has 1 aliphatic rings. The van der Waals surface area contributed by atoms with E-state index in [2.05, 4.69) is 5.32 Å². The average molecular weight is 298 g/mol. The van der Waals surface area contributed by atoms with Gasteiger partial charge in [-0.1, -0.05) is 13.8 Å². The molecule has 0 bridgehead atoms. The third-order valence-corrected chi connectivity index (χ3v) is 4.37. The topological polar surface area (TPSA) is 69.6 Å². The van der Waals surface area contributed by atoms with Crippen LogP contribution in [0.15, 0.2) is 0 Å². The van der Waals surface area contributed by atoms with E-state index in [-0.39, 0.29) is 23.8 Å². The highest BCUT2D eigenvalue weighted by Crippen LogP contribution is 2.21. The molecular formula is C16H30N2O3. The Morgan fingerprint density at radius 2 is 1.90 bits per heavy atom. The fourth-order valence-electron chi connectivity index (χ4n) is 2.65. The number of rotatable bonds is 7. The van der Waals surface area contributed by atoms with Gasteiger partial charge in [0.25, 0.3) is 0 Å². The van der Waals surface area contributed by atoms with E-state index in [9.17, 15) is 14.7 Å². The molecule has 0 saturated carbocycles. The molecule has 0 aromatic rings. The van der Waals surface area contributed by atoms with Gasteiger partial charge in [0.15, 0.2) is 0 Å². The monoisotopic (exact) mass is 298 g/mol. The van der Waals surface area contributed by atoms with E-state index in [1.165, 1.54) is 0 Å². The molecule has 0 spiro atoms. The highest BCUT2D eigenvalue weighted by molar-refractivity contribution is 5.75. The van der Waals surface area contributed by atoms with Gasteiger partial charge in [-0.25, -0.2) is 0 Å². The number of nitrogens with zero attached hydrogens (tertiary/aromatic N) is 1. The van der Waals surface area contributed by atoms with Crippen LogP contribution in [0.25, 0.3) is 0 Å². The van der Waals surface area contributed by atoms with Crippen molar-refractivity contribution in [3.05, 3.63) is 0 Å². The Kier molecular flexibility index (Phi) is 7.72. The third kappa shape index (κ3) is 6.93. The summed E-state index contributed by atoms with van der Waals surface area (Å²) in [6.07, 6.45) is 3.70. The fraction of sp³-hybridized carbons (Fsp3) is 0.875. The quantitative estimate of drug-likeness (QED) is 0.749. The number of likely N-dealkylation sites (tertiary alicyclic amines) is 1. The number of amides is 2. The Morgan fingerprint density at radius 3 is 2.43 bits per heavy atom. The van der Waals surface area contributed by atoms with E-state index < -0.39 is 0 Å². The molecule has 0 aromatic carbocycles. The fourth-order valence-corrected chi connectivity index (χ4v) is 2.65. The van der Waals surface area contributed by atoms with Crippen LogP contribution in [0, 0.1) is 11.8 Å². The van der Waals surface area contributed by atoms with Gasteiger partial charge in [0.1, 0.15) is 0 Å². The summed E-state index contributed by atoms with van der Waals surface area (Å²) in [7, 11) is 0. The second-order valence-corrected chi connectivity index (χ2v) is 6.44. The summed E-state index contributed by atoms with van der Waals surface area (Å²) in [5.74, 6) is 0.996. The van der Waals surface area contributed by atoms with Crippen LogP contribution in [0.1, 0.15) is 52.9 Å². The lowest BCUT2D eigenvalue weighted by molar-refractivity contribution is -0.130. The smallest absolute Gasteiger partial charge is 0.220 e. The zero-order chi connectivity index (χ0) is 15.8. The van der Waals surface area contributed by atoms with Gasteiger partial charge in [0.05, 0.1) is 6.10 Å². The average Bonchev–Trinajstić information content (AvgIpc) is 2.45. The molecule has 1 fully saturated rings. The SMILES string of the molecule is CC(=O)N1CCC(CCC(=O)NCCC(O)C(C)C)CC1. The molecule has 1 saturated heterocycles. The van der Waals surface area contributed by atoms with Crippen LogP contribution < -0.4 is 5.32 Å². The van der Waals surface area contributed by atoms with Crippen molar-refractivity contribution in [1.82, 2.24) is 10.2 Å². The second-order valence-electron chi connectivity index (χ2n) is 6.44. The van der Waals surface area contributed by atoms with E-state index in [1.807, 2.05) is 18.7 Å². The summed E-state index contributed by atoms with van der Waals surface area (Å²) in [6.45, 7) is 7.74. The van der Waals surface area contributed by atoms with Crippen molar-refractivity contribution in [3.63, 3.8) is 0 Å². The molecule has 0 radical (unpaired) electrons. The molecule has 21 heavy (non-hydrogen) atoms. The van der Waals surface area contributed by atoms with Crippen molar-refractivity contribution in [3.8, 4) is 0 Å². The maximum Gasteiger partial charge on any atom is 0.220 e. The number of piperidine rings is 1. The van der Waals surface area contributed by atoms with E-state index in [0.29, 0.717) is 25.3 Å². The van der Waals surface area contributed by atoms with E-state index >= 15 is 0 Å².